The quantitative estimate of drug-likeness (QED) is 0.614. The Balaban J connectivity index is 2.17. The average Bonchev–Trinajstić information content (AvgIpc) is 2.28. The zero-order valence-electron chi connectivity index (χ0n) is 8.16. The standard InChI is InChI=1S/C12H14S2/c1-10-6-13-8-11-4-2-3-5-12(11)9-14-7-10/h2-5H,1,6-9H2. The Morgan fingerprint density at radius 1 is 0.857 bits per heavy atom. The summed E-state index contributed by atoms with van der Waals surface area (Å²) in [6.07, 6.45) is 0. The molecule has 2 rings (SSSR count). The van der Waals surface area contributed by atoms with Crippen molar-refractivity contribution in [1.82, 2.24) is 0 Å². The smallest absolute Gasteiger partial charge is 0.0190 e. The van der Waals surface area contributed by atoms with Crippen LogP contribution in [0.4, 0.5) is 0 Å². The predicted octanol–water partition coefficient (Wildman–Crippen LogP) is 3.72. The number of fused-ring (bicyclic) bond motifs is 1. The first kappa shape index (κ1) is 10.2. The van der Waals surface area contributed by atoms with Gasteiger partial charge in [0.2, 0.25) is 0 Å². The van der Waals surface area contributed by atoms with Crippen molar-refractivity contribution >= 4 is 23.5 Å². The number of thioether (sulfide) groups is 2. The molecule has 74 valence electrons. The molecule has 0 amide bonds. The molecular weight excluding hydrogens is 208 g/mol. The number of benzene rings is 1. The van der Waals surface area contributed by atoms with Gasteiger partial charge in [-0.15, -0.1) is 0 Å². The minimum atomic E-state index is 1.11. The molecule has 0 atom stereocenters. The second-order valence-corrected chi connectivity index (χ2v) is 5.48. The minimum absolute atomic E-state index is 1.11. The SMILES string of the molecule is C=C1CSCc2ccccc2CSC1. The molecule has 0 aliphatic carbocycles. The number of hydrogen-bond acceptors (Lipinski definition) is 2. The lowest BCUT2D eigenvalue weighted by Crippen LogP contribution is -1.88. The van der Waals surface area contributed by atoms with Crippen LogP contribution in [0.15, 0.2) is 36.4 Å². The molecule has 2 heteroatoms. The van der Waals surface area contributed by atoms with E-state index in [1.54, 1.807) is 0 Å². The largest absolute Gasteiger partial charge is 0.153 e. The van der Waals surface area contributed by atoms with E-state index < -0.39 is 0 Å². The van der Waals surface area contributed by atoms with E-state index in [0.29, 0.717) is 0 Å². The highest BCUT2D eigenvalue weighted by molar-refractivity contribution is 7.99. The van der Waals surface area contributed by atoms with E-state index in [0.717, 1.165) is 23.0 Å². The van der Waals surface area contributed by atoms with Crippen LogP contribution in [0.25, 0.3) is 0 Å². The molecule has 0 aromatic heterocycles. The van der Waals surface area contributed by atoms with Gasteiger partial charge in [-0.3, -0.25) is 0 Å². The molecule has 0 N–H and O–H groups in total. The van der Waals surface area contributed by atoms with Crippen LogP contribution in [0.3, 0.4) is 0 Å². The van der Waals surface area contributed by atoms with E-state index >= 15 is 0 Å². The van der Waals surface area contributed by atoms with E-state index in [-0.39, 0.29) is 0 Å². The van der Waals surface area contributed by atoms with Crippen molar-refractivity contribution in [3.63, 3.8) is 0 Å². The average molecular weight is 222 g/mol. The third kappa shape index (κ3) is 2.58. The zero-order valence-corrected chi connectivity index (χ0v) is 9.79. The summed E-state index contributed by atoms with van der Waals surface area (Å²) >= 11 is 3.96. The van der Waals surface area contributed by atoms with Crippen molar-refractivity contribution in [2.24, 2.45) is 0 Å². The summed E-state index contributed by atoms with van der Waals surface area (Å²) in [5, 5.41) is 0. The fourth-order valence-electron chi connectivity index (χ4n) is 1.49. The van der Waals surface area contributed by atoms with Crippen molar-refractivity contribution in [3.8, 4) is 0 Å². The molecule has 0 spiro atoms. The second-order valence-electron chi connectivity index (χ2n) is 3.50. The maximum Gasteiger partial charge on any atom is 0.0190 e. The Hall–Kier alpha value is -0.340. The topological polar surface area (TPSA) is 0 Å². The number of rotatable bonds is 0. The van der Waals surface area contributed by atoms with Gasteiger partial charge in [0.15, 0.2) is 0 Å². The van der Waals surface area contributed by atoms with Crippen molar-refractivity contribution in [2.75, 3.05) is 11.5 Å². The van der Waals surface area contributed by atoms with Gasteiger partial charge in [0.05, 0.1) is 0 Å². The summed E-state index contributed by atoms with van der Waals surface area (Å²) < 4.78 is 0. The van der Waals surface area contributed by atoms with E-state index in [1.165, 1.54) is 16.7 Å². The maximum atomic E-state index is 4.08. The summed E-state index contributed by atoms with van der Waals surface area (Å²) in [5.41, 5.74) is 4.37. The summed E-state index contributed by atoms with van der Waals surface area (Å²) in [7, 11) is 0. The highest BCUT2D eigenvalue weighted by Crippen LogP contribution is 2.26. The fraction of sp³-hybridized carbons (Fsp3) is 0.333. The normalized spacial score (nSPS) is 17.9. The van der Waals surface area contributed by atoms with E-state index in [9.17, 15) is 0 Å². The predicted molar refractivity (Wildman–Crippen MR) is 67.9 cm³/mol. The Morgan fingerprint density at radius 2 is 1.36 bits per heavy atom. The molecule has 0 saturated heterocycles. The summed E-state index contributed by atoms with van der Waals surface area (Å²) in [6.45, 7) is 4.08. The van der Waals surface area contributed by atoms with E-state index in [1.807, 2.05) is 23.5 Å². The molecule has 1 aromatic rings. The molecule has 1 aromatic carbocycles. The highest BCUT2D eigenvalue weighted by atomic mass is 32.2. The van der Waals surface area contributed by atoms with Crippen LogP contribution in [0.1, 0.15) is 11.1 Å². The monoisotopic (exact) mass is 222 g/mol. The Bertz CT molecular complexity index is 300. The first-order valence-electron chi connectivity index (χ1n) is 4.75. The van der Waals surface area contributed by atoms with Crippen LogP contribution in [0.2, 0.25) is 0 Å². The summed E-state index contributed by atoms with van der Waals surface area (Å²) in [4.78, 5) is 0. The van der Waals surface area contributed by atoms with Gasteiger partial charge in [-0.05, 0) is 11.1 Å². The molecular formula is C12H14S2. The van der Waals surface area contributed by atoms with Crippen LogP contribution in [0, 0.1) is 0 Å². The molecule has 0 bridgehead atoms. The van der Waals surface area contributed by atoms with Crippen molar-refractivity contribution in [1.29, 1.82) is 0 Å². The Kier molecular flexibility index (Phi) is 3.60. The van der Waals surface area contributed by atoms with Crippen LogP contribution < -0.4 is 0 Å². The maximum absolute atomic E-state index is 4.08. The van der Waals surface area contributed by atoms with E-state index in [4.69, 9.17) is 0 Å². The molecule has 0 saturated carbocycles. The van der Waals surface area contributed by atoms with Gasteiger partial charge in [-0.25, -0.2) is 0 Å². The van der Waals surface area contributed by atoms with E-state index in [2.05, 4.69) is 30.8 Å². The molecule has 0 nitrogen and oxygen atoms in total. The van der Waals surface area contributed by atoms with Gasteiger partial charge in [-0.2, -0.15) is 23.5 Å². The lowest BCUT2D eigenvalue weighted by Gasteiger charge is -2.05. The number of hydrogen-bond donors (Lipinski definition) is 0. The second kappa shape index (κ2) is 4.94. The molecule has 1 aliphatic heterocycles. The molecule has 1 aliphatic rings. The van der Waals surface area contributed by atoms with Gasteiger partial charge in [0.1, 0.15) is 0 Å². The van der Waals surface area contributed by atoms with Gasteiger partial charge >= 0.3 is 0 Å². The Labute approximate surface area is 94.2 Å². The van der Waals surface area contributed by atoms with Crippen molar-refractivity contribution in [3.05, 3.63) is 47.5 Å². The highest BCUT2D eigenvalue weighted by Gasteiger charge is 2.06. The first-order valence-corrected chi connectivity index (χ1v) is 7.06. The van der Waals surface area contributed by atoms with Gasteiger partial charge < -0.3 is 0 Å². The lowest BCUT2D eigenvalue weighted by atomic mass is 10.1. The first-order chi connectivity index (χ1) is 6.86. The van der Waals surface area contributed by atoms with Crippen LogP contribution in [0.5, 0.6) is 0 Å². The summed E-state index contributed by atoms with van der Waals surface area (Å²) in [5.74, 6) is 4.49. The third-order valence-electron chi connectivity index (χ3n) is 2.25. The van der Waals surface area contributed by atoms with Crippen LogP contribution in [-0.4, -0.2) is 11.5 Å². The summed E-state index contributed by atoms with van der Waals surface area (Å²) in [6, 6.07) is 8.77. The van der Waals surface area contributed by atoms with Crippen LogP contribution >= 0.6 is 23.5 Å². The zero-order chi connectivity index (χ0) is 9.80. The molecule has 14 heavy (non-hydrogen) atoms. The molecule has 0 fully saturated rings. The Morgan fingerprint density at radius 3 is 1.86 bits per heavy atom. The fourth-order valence-corrected chi connectivity index (χ4v) is 3.61. The lowest BCUT2D eigenvalue weighted by molar-refractivity contribution is 1.28. The molecule has 1 heterocycles. The minimum Gasteiger partial charge on any atom is -0.153 e. The van der Waals surface area contributed by atoms with Gasteiger partial charge in [0.25, 0.3) is 0 Å². The van der Waals surface area contributed by atoms with Crippen molar-refractivity contribution < 1.29 is 0 Å². The molecule has 0 unspecified atom stereocenters. The van der Waals surface area contributed by atoms with Crippen LogP contribution in [-0.2, 0) is 11.5 Å². The van der Waals surface area contributed by atoms with Crippen molar-refractivity contribution in [2.45, 2.75) is 11.5 Å². The third-order valence-corrected chi connectivity index (χ3v) is 4.50. The van der Waals surface area contributed by atoms with Gasteiger partial charge in [0, 0.05) is 23.0 Å². The molecule has 0 radical (unpaired) electrons. The van der Waals surface area contributed by atoms with Gasteiger partial charge in [-0.1, -0.05) is 36.4 Å².